The van der Waals surface area contributed by atoms with Gasteiger partial charge in [-0.1, -0.05) is 38.4 Å². The number of nitrogens with one attached hydrogen (secondary N) is 3. The number of phenolic OH excluding ortho intramolecular Hbond substituents is 1. The molecule has 0 saturated heterocycles. The summed E-state index contributed by atoms with van der Waals surface area (Å²) in [5.41, 5.74) is 6.13. The van der Waals surface area contributed by atoms with E-state index in [0.29, 0.717) is 59.7 Å². The Morgan fingerprint density at radius 1 is 1.02 bits per heavy atom. The van der Waals surface area contributed by atoms with Crippen molar-refractivity contribution in [3.63, 3.8) is 0 Å². The predicted octanol–water partition coefficient (Wildman–Crippen LogP) is 5.56. The van der Waals surface area contributed by atoms with Crippen molar-refractivity contribution < 1.29 is 27.8 Å². The number of phenols is 1. The highest BCUT2D eigenvalue weighted by molar-refractivity contribution is 7.70. The zero-order chi connectivity index (χ0) is 36.4. The summed E-state index contributed by atoms with van der Waals surface area (Å²) >= 11 is 6.17. The molecule has 0 radical (unpaired) electrons. The predicted molar refractivity (Wildman–Crippen MR) is 198 cm³/mol. The average molecular weight is 738 g/mol. The molecule has 4 N–H and O–H groups in total. The zero-order valence-electron chi connectivity index (χ0n) is 29.4. The van der Waals surface area contributed by atoms with Crippen LogP contribution in [0.15, 0.2) is 36.4 Å². The first-order valence-corrected chi connectivity index (χ1v) is 18.5. The number of ether oxygens (including phenoxy) is 2. The third-order valence-electron chi connectivity index (χ3n) is 9.35. The van der Waals surface area contributed by atoms with Gasteiger partial charge in [0.1, 0.15) is 29.7 Å². The number of rotatable bonds is 11. The number of anilines is 2. The average Bonchev–Trinajstić information content (AvgIpc) is 3.73. The van der Waals surface area contributed by atoms with Gasteiger partial charge in [0.15, 0.2) is 5.82 Å². The quantitative estimate of drug-likeness (QED) is 0.124. The van der Waals surface area contributed by atoms with Crippen LogP contribution in [-0.2, 0) is 48.8 Å². The van der Waals surface area contributed by atoms with E-state index >= 15 is 0 Å². The number of aromatic hydroxyl groups is 1. The second kappa shape index (κ2) is 15.1. The number of aromatic nitrogens is 3. The van der Waals surface area contributed by atoms with Crippen LogP contribution in [0.4, 0.5) is 16.2 Å². The lowest BCUT2D eigenvalue weighted by Gasteiger charge is -2.28. The van der Waals surface area contributed by atoms with Crippen LogP contribution in [0.1, 0.15) is 60.8 Å². The molecule has 2 heterocycles. The number of benzene rings is 3. The molecular weight excluding hydrogens is 694 g/mol. The van der Waals surface area contributed by atoms with Crippen molar-refractivity contribution in [3.8, 4) is 28.6 Å². The number of nitrogens with zero attached hydrogens (tertiary/aromatic N) is 4. The number of halogens is 1. The van der Waals surface area contributed by atoms with Gasteiger partial charge in [-0.2, -0.15) is 0 Å². The molecule has 272 valence electrons. The second-order valence-corrected chi connectivity index (χ2v) is 15.2. The van der Waals surface area contributed by atoms with Crippen LogP contribution in [0.5, 0.6) is 17.2 Å². The van der Waals surface area contributed by atoms with E-state index in [1.165, 1.54) is 7.11 Å². The number of carbonyl (C=O) groups excluding carboxylic acids is 1. The fourth-order valence-corrected chi connectivity index (χ4v) is 7.26. The summed E-state index contributed by atoms with van der Waals surface area (Å²) in [4.78, 5) is 15.7. The standard InChI is InChI=1S/C36H44ClN7O6S/c1-21-15-28(39-35(46)40-29-17-23(36(2,3)4)16-22(33(29)49-5)19-38-51(47)48)25-7-6-8-26(25)32(21)50-14-13-43-11-12-44-31(20-43)41-42-34(44)27-18-24(37)9-10-30(27)45/h9-10,15-18,45,51H,6-8,11-14,19-20H2,1-5H3,(H,38,47,48)(H2,39,40,46). The van der Waals surface area contributed by atoms with Crippen LogP contribution in [0.25, 0.3) is 11.4 Å². The number of methoxy groups -OCH3 is 1. The van der Waals surface area contributed by atoms with E-state index in [4.69, 9.17) is 21.1 Å². The van der Waals surface area contributed by atoms with E-state index in [1.807, 2.05) is 50.5 Å². The molecule has 2 amide bonds. The molecule has 1 aromatic heterocycles. The molecule has 0 unspecified atom stereocenters. The van der Waals surface area contributed by atoms with Gasteiger partial charge in [0.05, 0.1) is 24.9 Å². The Morgan fingerprint density at radius 2 is 1.78 bits per heavy atom. The van der Waals surface area contributed by atoms with Crippen LogP contribution in [-0.4, -0.2) is 66.0 Å². The lowest BCUT2D eigenvalue weighted by Crippen LogP contribution is -2.36. The Hall–Kier alpha value is -4.37. The van der Waals surface area contributed by atoms with E-state index in [0.717, 1.165) is 65.3 Å². The van der Waals surface area contributed by atoms with Gasteiger partial charge in [-0.3, -0.25) is 4.90 Å². The molecular formula is C36H44ClN7O6S. The van der Waals surface area contributed by atoms with Crippen molar-refractivity contribution in [2.24, 2.45) is 0 Å². The van der Waals surface area contributed by atoms with Gasteiger partial charge < -0.3 is 29.8 Å². The molecule has 0 spiro atoms. The van der Waals surface area contributed by atoms with Crippen LogP contribution in [0.3, 0.4) is 0 Å². The van der Waals surface area contributed by atoms with Crippen LogP contribution >= 0.6 is 11.6 Å². The molecule has 13 nitrogen and oxygen atoms in total. The Kier molecular flexibility index (Phi) is 10.8. The minimum absolute atomic E-state index is 0.0337. The van der Waals surface area contributed by atoms with Crippen molar-refractivity contribution in [1.82, 2.24) is 24.4 Å². The molecule has 0 bridgehead atoms. The highest BCUT2D eigenvalue weighted by Crippen LogP contribution is 2.40. The third kappa shape index (κ3) is 8.09. The fourth-order valence-electron chi connectivity index (χ4n) is 6.79. The molecule has 3 aromatic carbocycles. The molecule has 51 heavy (non-hydrogen) atoms. The first kappa shape index (κ1) is 36.4. The lowest BCUT2D eigenvalue weighted by molar-refractivity contribution is 0.174. The highest BCUT2D eigenvalue weighted by atomic mass is 35.5. The Labute approximate surface area is 304 Å². The van der Waals surface area contributed by atoms with Crippen molar-refractivity contribution in [2.75, 3.05) is 37.4 Å². The van der Waals surface area contributed by atoms with Crippen LogP contribution < -0.4 is 24.8 Å². The van der Waals surface area contributed by atoms with Crippen molar-refractivity contribution in [1.29, 1.82) is 0 Å². The molecule has 2 aliphatic rings. The first-order valence-electron chi connectivity index (χ1n) is 16.9. The molecule has 1 aliphatic heterocycles. The maximum absolute atomic E-state index is 13.5. The third-order valence-corrected chi connectivity index (χ3v) is 10.0. The van der Waals surface area contributed by atoms with Gasteiger partial charge in [-0.05, 0) is 84.2 Å². The number of urea groups is 1. The minimum atomic E-state index is -2.81. The van der Waals surface area contributed by atoms with Gasteiger partial charge in [0, 0.05) is 42.5 Å². The second-order valence-electron chi connectivity index (χ2n) is 13.9. The van der Waals surface area contributed by atoms with E-state index in [9.17, 15) is 18.3 Å². The number of amides is 2. The zero-order valence-corrected chi connectivity index (χ0v) is 31.1. The normalized spacial score (nSPS) is 14.3. The van der Waals surface area contributed by atoms with E-state index in [1.54, 1.807) is 18.2 Å². The Balaban J connectivity index is 1.12. The van der Waals surface area contributed by atoms with Gasteiger partial charge in [-0.25, -0.2) is 17.9 Å². The Bertz CT molecular complexity index is 2030. The summed E-state index contributed by atoms with van der Waals surface area (Å²) in [6, 6.07) is 10.2. The van der Waals surface area contributed by atoms with Gasteiger partial charge in [0.25, 0.3) is 0 Å². The molecule has 0 atom stereocenters. The largest absolute Gasteiger partial charge is 0.507 e. The molecule has 1 aliphatic carbocycles. The van der Waals surface area contributed by atoms with Crippen LogP contribution in [0, 0.1) is 6.92 Å². The number of aryl methyl sites for hydroxylation is 1. The summed E-state index contributed by atoms with van der Waals surface area (Å²) in [5.74, 6) is 2.78. The number of hydrogen-bond acceptors (Lipinski definition) is 9. The van der Waals surface area contributed by atoms with E-state index < -0.39 is 16.9 Å². The summed E-state index contributed by atoms with van der Waals surface area (Å²) in [6.45, 7) is 11.4. The number of hydrogen-bond donors (Lipinski definition) is 5. The Morgan fingerprint density at radius 3 is 2.53 bits per heavy atom. The summed E-state index contributed by atoms with van der Waals surface area (Å²) < 4.78 is 39.1. The molecule has 4 aromatic rings. The molecule has 0 saturated carbocycles. The number of carbonyl (C=O) groups is 1. The smallest absolute Gasteiger partial charge is 0.323 e. The SMILES string of the molecule is COc1c(CN[SH](=O)=O)cc(C(C)(C)C)cc1NC(=O)Nc1cc(C)c(OCCN2CCn3c(nnc3-c3cc(Cl)ccc3O)C2)c2c1CCC2. The van der Waals surface area contributed by atoms with E-state index in [2.05, 4.69) is 30.5 Å². The topological polar surface area (TPSA) is 160 Å². The van der Waals surface area contributed by atoms with Crippen molar-refractivity contribution in [2.45, 2.75) is 72.0 Å². The highest BCUT2D eigenvalue weighted by Gasteiger charge is 2.26. The number of fused-ring (bicyclic) bond motifs is 2. The minimum Gasteiger partial charge on any atom is -0.507 e. The van der Waals surface area contributed by atoms with E-state index in [-0.39, 0.29) is 17.7 Å². The maximum Gasteiger partial charge on any atom is 0.323 e. The fraction of sp³-hybridized carbons (Fsp3) is 0.417. The molecule has 0 fully saturated rings. The van der Waals surface area contributed by atoms with Crippen molar-refractivity contribution >= 4 is 39.9 Å². The van der Waals surface area contributed by atoms with Gasteiger partial charge >= 0.3 is 6.03 Å². The molecule has 15 heteroatoms. The number of thiol groups is 1. The first-order chi connectivity index (χ1) is 24.3. The van der Waals surface area contributed by atoms with Gasteiger partial charge in [0.2, 0.25) is 10.9 Å². The summed E-state index contributed by atoms with van der Waals surface area (Å²) in [6.07, 6.45) is 2.63. The molecule has 6 rings (SSSR count). The monoisotopic (exact) mass is 737 g/mol. The lowest BCUT2D eigenvalue weighted by atomic mass is 9.85. The van der Waals surface area contributed by atoms with Gasteiger partial charge in [-0.15, -0.1) is 10.2 Å². The van der Waals surface area contributed by atoms with Crippen molar-refractivity contribution in [3.05, 3.63) is 75.1 Å². The van der Waals surface area contributed by atoms with Crippen LogP contribution in [0.2, 0.25) is 5.02 Å². The summed E-state index contributed by atoms with van der Waals surface area (Å²) in [5, 5.41) is 25.6. The maximum atomic E-state index is 13.5. The summed E-state index contributed by atoms with van der Waals surface area (Å²) in [7, 11) is -1.31.